The topological polar surface area (TPSA) is 3.24 Å². The van der Waals surface area contributed by atoms with Gasteiger partial charge >= 0.3 is 0 Å². The first-order valence-corrected chi connectivity index (χ1v) is 8.27. The summed E-state index contributed by atoms with van der Waals surface area (Å²) in [6.07, 6.45) is 1.79. The average molecular weight is 355 g/mol. The Balaban J connectivity index is 2.37. The lowest BCUT2D eigenvalue weighted by Crippen LogP contribution is -2.47. The van der Waals surface area contributed by atoms with E-state index in [1.807, 2.05) is 4.90 Å². The van der Waals surface area contributed by atoms with E-state index in [1.165, 1.54) is 0 Å². The molecule has 6 heteroatoms. The van der Waals surface area contributed by atoms with Crippen molar-refractivity contribution in [2.75, 3.05) is 13.1 Å². The summed E-state index contributed by atoms with van der Waals surface area (Å²) >= 11 is 0. The van der Waals surface area contributed by atoms with Crippen LogP contribution in [0.4, 0.5) is 22.0 Å². The van der Waals surface area contributed by atoms with Gasteiger partial charge in [-0.15, -0.1) is 0 Å². The Kier molecular flexibility index (Phi) is 4.82. The zero-order valence-corrected chi connectivity index (χ0v) is 13.8. The van der Waals surface area contributed by atoms with E-state index >= 15 is 0 Å². The van der Waals surface area contributed by atoms with Crippen LogP contribution in [0.1, 0.15) is 37.3 Å². The fraction of sp³-hybridized carbons (Fsp3) is 0.368. The molecule has 0 aromatic heterocycles. The summed E-state index contributed by atoms with van der Waals surface area (Å²) in [6.45, 7) is 2.76. The molecule has 25 heavy (non-hydrogen) atoms. The van der Waals surface area contributed by atoms with Crippen LogP contribution in [-0.4, -0.2) is 18.0 Å². The van der Waals surface area contributed by atoms with Crippen LogP contribution in [0.5, 0.6) is 0 Å². The molecule has 0 radical (unpaired) electrons. The van der Waals surface area contributed by atoms with Gasteiger partial charge in [-0.05, 0) is 37.9 Å². The van der Waals surface area contributed by atoms with Gasteiger partial charge in [-0.2, -0.15) is 0 Å². The summed E-state index contributed by atoms with van der Waals surface area (Å²) in [5.41, 5.74) is -1.65. The smallest absolute Gasteiger partial charge is 0.200 e. The molecule has 1 fully saturated rings. The van der Waals surface area contributed by atoms with Crippen LogP contribution in [0.3, 0.4) is 0 Å². The Labute approximate surface area is 143 Å². The predicted molar refractivity (Wildman–Crippen MR) is 84.6 cm³/mol. The van der Waals surface area contributed by atoms with Crippen LogP contribution in [0.15, 0.2) is 30.3 Å². The molecule has 0 N–H and O–H groups in total. The Bertz CT molecular complexity index is 742. The number of benzene rings is 2. The van der Waals surface area contributed by atoms with Crippen LogP contribution < -0.4 is 0 Å². The Morgan fingerprint density at radius 3 is 1.76 bits per heavy atom. The van der Waals surface area contributed by atoms with Gasteiger partial charge in [-0.25, -0.2) is 22.0 Å². The number of nitrogens with zero attached hydrogens (tertiary/aromatic N) is 1. The van der Waals surface area contributed by atoms with Crippen molar-refractivity contribution in [2.45, 2.75) is 31.7 Å². The molecule has 2 aromatic carbocycles. The second-order valence-corrected chi connectivity index (χ2v) is 6.22. The van der Waals surface area contributed by atoms with Crippen LogP contribution >= 0.6 is 0 Å². The largest absolute Gasteiger partial charge is 0.290 e. The molecule has 0 spiro atoms. The summed E-state index contributed by atoms with van der Waals surface area (Å²) in [6, 6.07) is 8.47. The van der Waals surface area contributed by atoms with E-state index < -0.39 is 40.2 Å². The summed E-state index contributed by atoms with van der Waals surface area (Å²) in [5.74, 6) is -9.44. The normalized spacial score (nSPS) is 17.7. The first-order chi connectivity index (χ1) is 11.9. The molecular formula is C19H18F5N. The highest BCUT2D eigenvalue weighted by Gasteiger charge is 2.46. The minimum Gasteiger partial charge on any atom is -0.290 e. The zero-order chi connectivity index (χ0) is 18.2. The van der Waals surface area contributed by atoms with Gasteiger partial charge in [0.1, 0.15) is 0 Å². The maximum absolute atomic E-state index is 14.7. The number of hydrogen-bond donors (Lipinski definition) is 0. The lowest BCUT2D eigenvalue weighted by Gasteiger charge is -2.42. The Hall–Kier alpha value is -1.95. The van der Waals surface area contributed by atoms with E-state index in [2.05, 4.69) is 0 Å². The Morgan fingerprint density at radius 1 is 0.800 bits per heavy atom. The fourth-order valence-electron chi connectivity index (χ4n) is 3.87. The van der Waals surface area contributed by atoms with Gasteiger partial charge in [0.05, 0.1) is 11.1 Å². The zero-order valence-electron chi connectivity index (χ0n) is 13.8. The molecule has 134 valence electrons. The number of rotatable bonds is 4. The summed E-state index contributed by atoms with van der Waals surface area (Å²) in [5, 5.41) is 0. The first kappa shape index (κ1) is 17.9. The average Bonchev–Trinajstić information content (AvgIpc) is 3.18. The van der Waals surface area contributed by atoms with Gasteiger partial charge in [0.2, 0.25) is 5.82 Å². The quantitative estimate of drug-likeness (QED) is 0.417. The summed E-state index contributed by atoms with van der Waals surface area (Å²) in [4.78, 5) is 1.82. The minimum atomic E-state index is -2.13. The van der Waals surface area contributed by atoms with Crippen molar-refractivity contribution in [1.82, 2.24) is 4.90 Å². The van der Waals surface area contributed by atoms with E-state index in [9.17, 15) is 22.0 Å². The minimum absolute atomic E-state index is 0.176. The van der Waals surface area contributed by atoms with E-state index in [0.717, 1.165) is 12.8 Å². The molecule has 1 nitrogen and oxygen atoms in total. The highest BCUT2D eigenvalue weighted by atomic mass is 19.2. The fourth-order valence-corrected chi connectivity index (χ4v) is 3.87. The third-order valence-corrected chi connectivity index (χ3v) is 5.03. The third-order valence-electron chi connectivity index (χ3n) is 5.03. The molecule has 2 aromatic rings. The molecule has 3 rings (SSSR count). The SMILES string of the molecule is CCC(c1ccccc1)(c1c(F)c(F)c(F)c(F)c1F)N1CCCC1. The van der Waals surface area contributed by atoms with Gasteiger partial charge in [0, 0.05) is 0 Å². The molecular weight excluding hydrogens is 337 g/mol. The molecule has 1 atom stereocenters. The molecule has 0 aliphatic carbocycles. The van der Waals surface area contributed by atoms with E-state index in [-0.39, 0.29) is 6.42 Å². The first-order valence-electron chi connectivity index (χ1n) is 8.27. The van der Waals surface area contributed by atoms with Gasteiger partial charge in [-0.1, -0.05) is 37.3 Å². The van der Waals surface area contributed by atoms with Gasteiger partial charge in [0.25, 0.3) is 0 Å². The molecule has 1 aliphatic heterocycles. The van der Waals surface area contributed by atoms with Gasteiger partial charge < -0.3 is 0 Å². The van der Waals surface area contributed by atoms with E-state index in [0.29, 0.717) is 18.7 Å². The van der Waals surface area contributed by atoms with Gasteiger partial charge in [0.15, 0.2) is 23.3 Å². The standard InChI is InChI=1S/C19H18F5N/c1-2-19(25-10-6-7-11-25,12-8-4-3-5-9-12)13-14(20)16(22)18(24)17(23)15(13)21/h3-5,8-9H,2,6-7,10-11H2,1H3. The third kappa shape index (κ3) is 2.63. The number of likely N-dealkylation sites (tertiary alicyclic amines) is 1. The monoisotopic (exact) mass is 355 g/mol. The lowest BCUT2D eigenvalue weighted by atomic mass is 9.78. The van der Waals surface area contributed by atoms with Crippen LogP contribution in [-0.2, 0) is 5.54 Å². The predicted octanol–water partition coefficient (Wildman–Crippen LogP) is 5.13. The Morgan fingerprint density at radius 2 is 1.28 bits per heavy atom. The maximum Gasteiger partial charge on any atom is 0.200 e. The molecule has 1 heterocycles. The highest BCUT2D eigenvalue weighted by molar-refractivity contribution is 5.41. The van der Waals surface area contributed by atoms with Crippen molar-refractivity contribution in [3.05, 3.63) is 70.5 Å². The van der Waals surface area contributed by atoms with Crippen molar-refractivity contribution in [1.29, 1.82) is 0 Å². The van der Waals surface area contributed by atoms with Crippen molar-refractivity contribution in [2.24, 2.45) is 0 Å². The molecule has 1 aliphatic rings. The maximum atomic E-state index is 14.7. The summed E-state index contributed by atoms with van der Waals surface area (Å²) in [7, 11) is 0. The molecule has 0 bridgehead atoms. The van der Waals surface area contributed by atoms with E-state index in [1.54, 1.807) is 37.3 Å². The number of hydrogen-bond acceptors (Lipinski definition) is 1. The van der Waals surface area contributed by atoms with Crippen LogP contribution in [0, 0.1) is 29.1 Å². The number of halogens is 5. The van der Waals surface area contributed by atoms with Crippen LogP contribution in [0.25, 0.3) is 0 Å². The van der Waals surface area contributed by atoms with Crippen molar-refractivity contribution >= 4 is 0 Å². The summed E-state index contributed by atoms with van der Waals surface area (Å²) < 4.78 is 70.7. The molecule has 0 amide bonds. The molecule has 1 unspecified atom stereocenters. The van der Waals surface area contributed by atoms with Crippen molar-refractivity contribution < 1.29 is 22.0 Å². The van der Waals surface area contributed by atoms with Crippen molar-refractivity contribution in [3.8, 4) is 0 Å². The second-order valence-electron chi connectivity index (χ2n) is 6.22. The lowest BCUT2D eigenvalue weighted by molar-refractivity contribution is 0.138. The highest BCUT2D eigenvalue weighted by Crippen LogP contribution is 2.44. The molecule has 0 saturated carbocycles. The van der Waals surface area contributed by atoms with E-state index in [4.69, 9.17) is 0 Å². The second kappa shape index (κ2) is 6.75. The van der Waals surface area contributed by atoms with Crippen molar-refractivity contribution in [3.63, 3.8) is 0 Å². The van der Waals surface area contributed by atoms with Crippen LogP contribution in [0.2, 0.25) is 0 Å². The molecule has 1 saturated heterocycles. The van der Waals surface area contributed by atoms with Gasteiger partial charge in [-0.3, -0.25) is 4.90 Å².